The molecule has 1 saturated heterocycles. The van der Waals surface area contributed by atoms with Crippen LogP contribution in [0.3, 0.4) is 0 Å². The molecule has 1 fully saturated rings. The van der Waals surface area contributed by atoms with Crippen molar-refractivity contribution in [2.45, 2.75) is 39.3 Å². The van der Waals surface area contributed by atoms with Crippen LogP contribution >= 0.6 is 0 Å². The minimum atomic E-state index is -0.494. The van der Waals surface area contributed by atoms with Gasteiger partial charge in [0.05, 0.1) is 24.2 Å². The van der Waals surface area contributed by atoms with Gasteiger partial charge in [-0.1, -0.05) is 13.8 Å². The summed E-state index contributed by atoms with van der Waals surface area (Å²) in [7, 11) is 0. The van der Waals surface area contributed by atoms with E-state index in [4.69, 9.17) is 4.74 Å². The Balaban J connectivity index is 1.90. The van der Waals surface area contributed by atoms with Crippen molar-refractivity contribution in [3.05, 3.63) is 22.5 Å². The predicted molar refractivity (Wildman–Crippen MR) is 79.3 cm³/mol. The molecule has 8 heteroatoms. The molecule has 0 unspecified atom stereocenters. The molecule has 0 radical (unpaired) electrons. The Morgan fingerprint density at radius 2 is 2.36 bits per heavy atom. The molecule has 2 heterocycles. The first-order valence-electron chi connectivity index (χ1n) is 7.51. The summed E-state index contributed by atoms with van der Waals surface area (Å²) in [5, 5.41) is 14.5. The van der Waals surface area contributed by atoms with Crippen LogP contribution in [0.5, 0.6) is 0 Å². The zero-order valence-corrected chi connectivity index (χ0v) is 13.0. The Kier molecular flexibility index (Phi) is 5.48. The standard InChI is InChI=1S/C14H22N4O4/c1-11(2)7-12-10-22-6-5-17(12)14(19)3-4-16-9-13(8-15-16)18(20)21/h8-9,11-12H,3-7,10H2,1-2H3/t12-/m0/s1. The molecule has 2 rings (SSSR count). The van der Waals surface area contributed by atoms with Crippen LogP contribution in [0.15, 0.2) is 12.4 Å². The summed E-state index contributed by atoms with van der Waals surface area (Å²) in [6, 6.07) is 0.119. The first-order chi connectivity index (χ1) is 10.5. The normalized spacial score (nSPS) is 18.7. The minimum Gasteiger partial charge on any atom is -0.377 e. The number of aromatic nitrogens is 2. The maximum Gasteiger partial charge on any atom is 0.306 e. The lowest BCUT2D eigenvalue weighted by atomic mass is 10.0. The fourth-order valence-electron chi connectivity index (χ4n) is 2.65. The summed E-state index contributed by atoms with van der Waals surface area (Å²) >= 11 is 0. The minimum absolute atomic E-state index is 0.0482. The fourth-order valence-corrected chi connectivity index (χ4v) is 2.65. The van der Waals surface area contributed by atoms with E-state index in [1.165, 1.54) is 17.1 Å². The number of hydrogen-bond donors (Lipinski definition) is 0. The van der Waals surface area contributed by atoms with Gasteiger partial charge in [0.15, 0.2) is 0 Å². The molecule has 22 heavy (non-hydrogen) atoms. The van der Waals surface area contributed by atoms with Crippen LogP contribution in [-0.2, 0) is 16.1 Å². The highest BCUT2D eigenvalue weighted by molar-refractivity contribution is 5.76. The second-order valence-electron chi connectivity index (χ2n) is 5.91. The van der Waals surface area contributed by atoms with E-state index in [9.17, 15) is 14.9 Å². The highest BCUT2D eigenvalue weighted by Crippen LogP contribution is 2.17. The SMILES string of the molecule is CC(C)C[C@H]1COCCN1C(=O)CCn1cc([N+](=O)[O-])cn1. The van der Waals surface area contributed by atoms with Crippen molar-refractivity contribution >= 4 is 11.6 Å². The molecule has 1 amide bonds. The number of aryl methyl sites for hydroxylation is 1. The summed E-state index contributed by atoms with van der Waals surface area (Å²) in [4.78, 5) is 24.4. The molecule has 0 spiro atoms. The van der Waals surface area contributed by atoms with E-state index in [2.05, 4.69) is 18.9 Å². The lowest BCUT2D eigenvalue weighted by Gasteiger charge is -2.36. The van der Waals surface area contributed by atoms with Crippen LogP contribution in [0.1, 0.15) is 26.7 Å². The molecule has 0 aliphatic carbocycles. The van der Waals surface area contributed by atoms with Gasteiger partial charge in [0.2, 0.25) is 5.91 Å². The summed E-state index contributed by atoms with van der Waals surface area (Å²) in [5.74, 6) is 0.544. The topological polar surface area (TPSA) is 90.5 Å². The van der Waals surface area contributed by atoms with Crippen LogP contribution in [-0.4, -0.2) is 51.3 Å². The van der Waals surface area contributed by atoms with Gasteiger partial charge >= 0.3 is 5.69 Å². The quantitative estimate of drug-likeness (QED) is 0.586. The third kappa shape index (κ3) is 4.27. The second-order valence-corrected chi connectivity index (χ2v) is 5.91. The first kappa shape index (κ1) is 16.4. The largest absolute Gasteiger partial charge is 0.377 e. The number of hydrogen-bond acceptors (Lipinski definition) is 5. The van der Waals surface area contributed by atoms with Crippen molar-refractivity contribution in [1.82, 2.24) is 14.7 Å². The Morgan fingerprint density at radius 3 is 3.00 bits per heavy atom. The van der Waals surface area contributed by atoms with E-state index in [1.54, 1.807) is 0 Å². The van der Waals surface area contributed by atoms with Crippen molar-refractivity contribution in [3.8, 4) is 0 Å². The zero-order chi connectivity index (χ0) is 16.1. The molecule has 1 aliphatic heterocycles. The number of morpholine rings is 1. The van der Waals surface area contributed by atoms with Crippen LogP contribution in [0.4, 0.5) is 5.69 Å². The van der Waals surface area contributed by atoms with E-state index >= 15 is 0 Å². The third-order valence-corrected chi connectivity index (χ3v) is 3.68. The Hall–Kier alpha value is -1.96. The predicted octanol–water partition coefficient (Wildman–Crippen LogP) is 1.45. The van der Waals surface area contributed by atoms with Crippen LogP contribution < -0.4 is 0 Å². The lowest BCUT2D eigenvalue weighted by Crippen LogP contribution is -2.49. The monoisotopic (exact) mass is 310 g/mol. The van der Waals surface area contributed by atoms with E-state index in [1.807, 2.05) is 4.90 Å². The molecule has 1 aliphatic rings. The Bertz CT molecular complexity index is 529. The zero-order valence-electron chi connectivity index (χ0n) is 13.0. The van der Waals surface area contributed by atoms with E-state index in [-0.39, 0.29) is 24.1 Å². The van der Waals surface area contributed by atoms with Gasteiger partial charge in [0.1, 0.15) is 12.4 Å². The molecular weight excluding hydrogens is 288 g/mol. The number of carbonyl (C=O) groups excluding carboxylic acids is 1. The van der Waals surface area contributed by atoms with Gasteiger partial charge in [-0.25, -0.2) is 0 Å². The van der Waals surface area contributed by atoms with E-state index in [0.717, 1.165) is 6.42 Å². The summed E-state index contributed by atoms with van der Waals surface area (Å²) in [5.41, 5.74) is -0.0588. The summed E-state index contributed by atoms with van der Waals surface area (Å²) < 4.78 is 6.91. The van der Waals surface area contributed by atoms with Crippen molar-refractivity contribution in [1.29, 1.82) is 0 Å². The molecule has 0 N–H and O–H groups in total. The Labute approximate surface area is 129 Å². The fraction of sp³-hybridized carbons (Fsp3) is 0.714. The maximum absolute atomic E-state index is 12.4. The Morgan fingerprint density at radius 1 is 1.59 bits per heavy atom. The van der Waals surface area contributed by atoms with E-state index < -0.39 is 4.92 Å². The van der Waals surface area contributed by atoms with Crippen molar-refractivity contribution in [2.24, 2.45) is 5.92 Å². The van der Waals surface area contributed by atoms with Crippen LogP contribution in [0.25, 0.3) is 0 Å². The average molecular weight is 310 g/mol. The van der Waals surface area contributed by atoms with Crippen molar-refractivity contribution < 1.29 is 14.5 Å². The molecule has 1 atom stereocenters. The number of rotatable bonds is 6. The van der Waals surface area contributed by atoms with Gasteiger partial charge in [-0.2, -0.15) is 5.10 Å². The molecule has 1 aromatic rings. The van der Waals surface area contributed by atoms with Crippen molar-refractivity contribution in [3.63, 3.8) is 0 Å². The lowest BCUT2D eigenvalue weighted by molar-refractivity contribution is -0.385. The molecule has 122 valence electrons. The van der Waals surface area contributed by atoms with Gasteiger partial charge in [0.25, 0.3) is 0 Å². The maximum atomic E-state index is 12.4. The molecule has 0 bridgehead atoms. The van der Waals surface area contributed by atoms with Gasteiger partial charge in [0, 0.05) is 19.5 Å². The molecule has 1 aromatic heterocycles. The van der Waals surface area contributed by atoms with Gasteiger partial charge < -0.3 is 9.64 Å². The van der Waals surface area contributed by atoms with Gasteiger partial charge in [-0.05, 0) is 12.3 Å². The molecule has 0 saturated carbocycles. The number of nitrogens with zero attached hydrogens (tertiary/aromatic N) is 4. The first-order valence-corrected chi connectivity index (χ1v) is 7.51. The highest BCUT2D eigenvalue weighted by atomic mass is 16.6. The average Bonchev–Trinajstić information content (AvgIpc) is 2.94. The number of amides is 1. The molecular formula is C14H22N4O4. The van der Waals surface area contributed by atoms with Crippen LogP contribution in [0.2, 0.25) is 0 Å². The second kappa shape index (κ2) is 7.35. The number of carbonyl (C=O) groups is 1. The van der Waals surface area contributed by atoms with Gasteiger partial charge in [-0.3, -0.25) is 19.6 Å². The van der Waals surface area contributed by atoms with Gasteiger partial charge in [-0.15, -0.1) is 0 Å². The van der Waals surface area contributed by atoms with Crippen LogP contribution in [0, 0.1) is 16.0 Å². The third-order valence-electron chi connectivity index (χ3n) is 3.68. The number of ether oxygens (including phenoxy) is 1. The van der Waals surface area contributed by atoms with Crippen molar-refractivity contribution in [2.75, 3.05) is 19.8 Å². The van der Waals surface area contributed by atoms with E-state index in [0.29, 0.717) is 32.2 Å². The number of nitro groups is 1. The highest BCUT2D eigenvalue weighted by Gasteiger charge is 2.27. The molecule has 8 nitrogen and oxygen atoms in total. The molecule has 0 aromatic carbocycles. The summed E-state index contributed by atoms with van der Waals surface area (Å²) in [6.07, 6.45) is 3.74. The smallest absolute Gasteiger partial charge is 0.306 e. The summed E-state index contributed by atoms with van der Waals surface area (Å²) in [6.45, 7) is 6.35.